The molecule has 2 N–H and O–H groups in total. The first-order valence-corrected chi connectivity index (χ1v) is 6.83. The van der Waals surface area contributed by atoms with Gasteiger partial charge in [0.05, 0.1) is 11.7 Å². The van der Waals surface area contributed by atoms with E-state index in [4.69, 9.17) is 5.73 Å². The molecule has 0 unspecified atom stereocenters. The first-order valence-electron chi connectivity index (χ1n) is 6.04. The van der Waals surface area contributed by atoms with Crippen molar-refractivity contribution in [1.29, 1.82) is 0 Å². The number of nitrogens with two attached hydrogens (primary N) is 1. The molecule has 0 amide bonds. The number of nitrogens with zero attached hydrogens (tertiary/aromatic N) is 4. The van der Waals surface area contributed by atoms with Gasteiger partial charge in [-0.05, 0) is 28.9 Å². The van der Waals surface area contributed by atoms with Crippen LogP contribution in [-0.4, -0.2) is 19.3 Å². The lowest BCUT2D eigenvalue weighted by Crippen LogP contribution is -1.91. The number of halogens is 1. The highest BCUT2D eigenvalue weighted by Crippen LogP contribution is 2.34. The van der Waals surface area contributed by atoms with Gasteiger partial charge in [0.1, 0.15) is 4.60 Å². The largest absolute Gasteiger partial charge is 0.382 e. The second-order valence-corrected chi connectivity index (χ2v) is 5.27. The van der Waals surface area contributed by atoms with Crippen molar-refractivity contribution in [3.8, 4) is 11.1 Å². The predicted octanol–water partition coefficient (Wildman–Crippen LogP) is 2.80. The number of aromatic nitrogens is 4. The van der Waals surface area contributed by atoms with Crippen LogP contribution < -0.4 is 5.73 Å². The number of nitrogen functional groups attached to an aromatic ring is 1. The molecular formula is C13H14BrN5. The van der Waals surface area contributed by atoms with E-state index in [0.29, 0.717) is 5.82 Å². The summed E-state index contributed by atoms with van der Waals surface area (Å²) in [6, 6.07) is 2.02. The van der Waals surface area contributed by atoms with E-state index in [9.17, 15) is 0 Å². The standard InChI is InChI=1S/C13H14BrN5/c1-3-19-7-9(10-6-18(2)17-13(10)15)8-4-12(14)16-5-11(8)19/h4-7H,3H2,1-2H3,(H2,15,17). The third-order valence-electron chi connectivity index (χ3n) is 3.22. The van der Waals surface area contributed by atoms with Crippen molar-refractivity contribution in [2.24, 2.45) is 7.05 Å². The summed E-state index contributed by atoms with van der Waals surface area (Å²) < 4.78 is 4.71. The molecule has 3 aromatic rings. The molecule has 0 aliphatic carbocycles. The first-order chi connectivity index (χ1) is 9.10. The Labute approximate surface area is 119 Å². The quantitative estimate of drug-likeness (QED) is 0.739. The molecule has 3 rings (SSSR count). The molecule has 0 radical (unpaired) electrons. The molecule has 0 fully saturated rings. The normalized spacial score (nSPS) is 11.3. The van der Waals surface area contributed by atoms with Crippen LogP contribution in [0.25, 0.3) is 22.0 Å². The van der Waals surface area contributed by atoms with Gasteiger partial charge in [0.25, 0.3) is 0 Å². The molecule has 0 aromatic carbocycles. The van der Waals surface area contributed by atoms with Crippen LogP contribution in [0.15, 0.2) is 29.3 Å². The highest BCUT2D eigenvalue weighted by molar-refractivity contribution is 9.10. The molecule has 98 valence electrons. The van der Waals surface area contributed by atoms with E-state index in [-0.39, 0.29) is 0 Å². The molecule has 0 saturated heterocycles. The molecule has 0 atom stereocenters. The van der Waals surface area contributed by atoms with Gasteiger partial charge in [0.15, 0.2) is 5.82 Å². The monoisotopic (exact) mass is 319 g/mol. The van der Waals surface area contributed by atoms with Crippen LogP contribution >= 0.6 is 15.9 Å². The lowest BCUT2D eigenvalue weighted by molar-refractivity contribution is 0.772. The van der Waals surface area contributed by atoms with Gasteiger partial charge in [-0.25, -0.2) is 4.98 Å². The topological polar surface area (TPSA) is 61.7 Å². The van der Waals surface area contributed by atoms with Gasteiger partial charge in [-0.2, -0.15) is 5.10 Å². The maximum absolute atomic E-state index is 5.98. The summed E-state index contributed by atoms with van der Waals surface area (Å²) >= 11 is 3.42. The van der Waals surface area contributed by atoms with E-state index in [1.807, 2.05) is 25.5 Å². The lowest BCUT2D eigenvalue weighted by atomic mass is 10.1. The van der Waals surface area contributed by atoms with Crippen LogP contribution in [0.2, 0.25) is 0 Å². The number of rotatable bonds is 2. The minimum Gasteiger partial charge on any atom is -0.382 e. The Morgan fingerprint density at radius 3 is 2.74 bits per heavy atom. The van der Waals surface area contributed by atoms with Crippen LogP contribution in [0.4, 0.5) is 5.82 Å². The smallest absolute Gasteiger partial charge is 0.153 e. The van der Waals surface area contributed by atoms with Crippen molar-refractivity contribution < 1.29 is 0 Å². The minimum absolute atomic E-state index is 0.547. The van der Waals surface area contributed by atoms with Gasteiger partial charge >= 0.3 is 0 Å². The van der Waals surface area contributed by atoms with Gasteiger partial charge in [0, 0.05) is 42.5 Å². The van der Waals surface area contributed by atoms with Gasteiger partial charge < -0.3 is 10.3 Å². The summed E-state index contributed by atoms with van der Waals surface area (Å²) in [5, 5.41) is 5.34. The number of aryl methyl sites for hydroxylation is 2. The number of hydrogen-bond donors (Lipinski definition) is 1. The van der Waals surface area contributed by atoms with Crippen LogP contribution in [0.5, 0.6) is 0 Å². The van der Waals surface area contributed by atoms with Crippen molar-refractivity contribution in [2.75, 3.05) is 5.73 Å². The fraction of sp³-hybridized carbons (Fsp3) is 0.231. The van der Waals surface area contributed by atoms with Crippen LogP contribution in [0, 0.1) is 0 Å². The highest BCUT2D eigenvalue weighted by atomic mass is 79.9. The van der Waals surface area contributed by atoms with Gasteiger partial charge in [0.2, 0.25) is 0 Å². The molecule has 0 saturated carbocycles. The van der Waals surface area contributed by atoms with E-state index < -0.39 is 0 Å². The third-order valence-corrected chi connectivity index (χ3v) is 3.66. The molecule has 3 heterocycles. The van der Waals surface area contributed by atoms with Crippen LogP contribution in [-0.2, 0) is 13.6 Å². The van der Waals surface area contributed by atoms with E-state index >= 15 is 0 Å². The summed E-state index contributed by atoms with van der Waals surface area (Å²) in [7, 11) is 1.87. The van der Waals surface area contributed by atoms with Crippen molar-refractivity contribution in [3.05, 3.63) is 29.3 Å². The van der Waals surface area contributed by atoms with E-state index in [2.05, 4.69) is 43.7 Å². The van der Waals surface area contributed by atoms with Crippen LogP contribution in [0.3, 0.4) is 0 Å². The highest BCUT2D eigenvalue weighted by Gasteiger charge is 2.14. The average Bonchev–Trinajstić information content (AvgIpc) is 2.88. The van der Waals surface area contributed by atoms with Crippen molar-refractivity contribution in [3.63, 3.8) is 0 Å². The summed E-state index contributed by atoms with van der Waals surface area (Å²) in [6.07, 6.45) is 5.92. The second-order valence-electron chi connectivity index (χ2n) is 4.45. The molecule has 0 aliphatic rings. The van der Waals surface area contributed by atoms with Crippen LogP contribution in [0.1, 0.15) is 6.92 Å². The Bertz CT molecular complexity index is 756. The third kappa shape index (κ3) is 1.92. The first kappa shape index (κ1) is 12.2. The predicted molar refractivity (Wildman–Crippen MR) is 79.7 cm³/mol. The molecule has 0 aliphatic heterocycles. The zero-order chi connectivity index (χ0) is 13.6. The van der Waals surface area contributed by atoms with Gasteiger partial charge in [-0.3, -0.25) is 4.68 Å². The van der Waals surface area contributed by atoms with E-state index in [0.717, 1.165) is 33.2 Å². The zero-order valence-electron chi connectivity index (χ0n) is 10.8. The fourth-order valence-electron chi connectivity index (χ4n) is 2.35. The summed E-state index contributed by atoms with van der Waals surface area (Å²) in [6.45, 7) is 3.00. The van der Waals surface area contributed by atoms with Gasteiger partial charge in [-0.15, -0.1) is 0 Å². The molecule has 19 heavy (non-hydrogen) atoms. The molecule has 6 heteroatoms. The molecule has 5 nitrogen and oxygen atoms in total. The lowest BCUT2D eigenvalue weighted by Gasteiger charge is -1.99. The molecular weight excluding hydrogens is 306 g/mol. The Morgan fingerprint density at radius 1 is 1.32 bits per heavy atom. The maximum Gasteiger partial charge on any atom is 0.153 e. The number of hydrogen-bond acceptors (Lipinski definition) is 3. The molecule has 3 aromatic heterocycles. The SMILES string of the molecule is CCn1cc(-c2cn(C)nc2N)c2cc(Br)ncc21. The van der Waals surface area contributed by atoms with Gasteiger partial charge in [-0.1, -0.05) is 0 Å². The second kappa shape index (κ2) is 4.38. The molecule has 0 bridgehead atoms. The minimum atomic E-state index is 0.547. The van der Waals surface area contributed by atoms with Crippen molar-refractivity contribution >= 4 is 32.7 Å². The summed E-state index contributed by atoms with van der Waals surface area (Å²) in [4.78, 5) is 4.29. The van der Waals surface area contributed by atoms with E-state index in [1.165, 1.54) is 0 Å². The fourth-order valence-corrected chi connectivity index (χ4v) is 2.68. The van der Waals surface area contributed by atoms with E-state index in [1.54, 1.807) is 4.68 Å². The Balaban J connectivity index is 2.34. The number of fused-ring (bicyclic) bond motifs is 1. The Hall–Kier alpha value is -1.82. The molecule has 0 spiro atoms. The number of anilines is 1. The van der Waals surface area contributed by atoms with Crippen molar-refractivity contribution in [1.82, 2.24) is 19.3 Å². The average molecular weight is 320 g/mol. The Kier molecular flexibility index (Phi) is 2.82. The zero-order valence-corrected chi connectivity index (χ0v) is 12.3. The summed E-state index contributed by atoms with van der Waals surface area (Å²) in [5.41, 5.74) is 9.13. The summed E-state index contributed by atoms with van der Waals surface area (Å²) in [5.74, 6) is 0.547. The Morgan fingerprint density at radius 2 is 2.11 bits per heavy atom. The van der Waals surface area contributed by atoms with Crippen molar-refractivity contribution in [2.45, 2.75) is 13.5 Å². The number of pyridine rings is 1. The maximum atomic E-state index is 5.98.